The third-order valence-corrected chi connectivity index (χ3v) is 1.91. The molecule has 0 amide bonds. The Morgan fingerprint density at radius 2 is 1.78 bits per heavy atom. The predicted molar refractivity (Wildman–Crippen MR) is 43.9 cm³/mol. The summed E-state index contributed by atoms with van der Waals surface area (Å²) in [6, 6.07) is 0. The first-order valence-corrected chi connectivity index (χ1v) is 3.39. The van der Waals surface area contributed by atoms with E-state index in [1.54, 1.807) is 0 Å². The van der Waals surface area contributed by atoms with Crippen LogP contribution < -0.4 is 4.67 Å². The van der Waals surface area contributed by atoms with Crippen molar-refractivity contribution in [2.24, 2.45) is 11.8 Å². The van der Waals surface area contributed by atoms with E-state index in [4.69, 9.17) is 0 Å². The van der Waals surface area contributed by atoms with E-state index in [-0.39, 0.29) is 0 Å². The molecular weight excluding hydrogens is 110 g/mol. The molecule has 0 aliphatic carbocycles. The monoisotopic (exact) mass is 126 g/mol. The highest BCUT2D eigenvalue weighted by Gasteiger charge is 2.16. The summed E-state index contributed by atoms with van der Waals surface area (Å²) >= 11 is 0. The Labute approximate surface area is 57.5 Å². The fraction of sp³-hybridized carbons (Fsp3) is 0.750. The minimum absolute atomic E-state index is 0.572. The van der Waals surface area contributed by atoms with Gasteiger partial charge in [0.15, 0.2) is 0 Å². The van der Waals surface area contributed by atoms with Crippen LogP contribution in [0, 0.1) is 11.8 Å². The zero-order valence-corrected chi connectivity index (χ0v) is 6.81. The molecule has 1 atom stereocenters. The second kappa shape index (κ2) is 3.47. The van der Waals surface area contributed by atoms with Gasteiger partial charge < -0.3 is 0 Å². The molecule has 0 spiro atoms. The summed E-state index contributed by atoms with van der Waals surface area (Å²) in [7, 11) is 0. The van der Waals surface area contributed by atoms with Crippen LogP contribution in [0.5, 0.6) is 0 Å². The van der Waals surface area contributed by atoms with Crippen molar-refractivity contribution in [1.29, 1.82) is 0 Å². The molecule has 0 aromatic carbocycles. The van der Waals surface area contributed by atoms with Gasteiger partial charge >= 0.3 is 0 Å². The summed E-state index contributed by atoms with van der Waals surface area (Å²) in [5.74, 6) is 1.25. The first-order valence-electron chi connectivity index (χ1n) is 3.39. The van der Waals surface area contributed by atoms with Crippen LogP contribution in [0.4, 0.5) is 0 Å². The smallest absolute Gasteiger partial charge is 0.111 e. The molecule has 1 heteroatoms. The minimum atomic E-state index is 0.572. The van der Waals surface area contributed by atoms with Crippen LogP contribution in [0.1, 0.15) is 27.7 Å². The Kier molecular flexibility index (Phi) is 3.26. The molecule has 52 valence electrons. The lowest BCUT2D eigenvalue weighted by atomic mass is 9.94. The van der Waals surface area contributed by atoms with Gasteiger partial charge in [0, 0.05) is 6.92 Å². The molecule has 1 unspecified atom stereocenters. The zero-order chi connectivity index (χ0) is 7.44. The molecule has 0 aromatic heterocycles. The van der Waals surface area contributed by atoms with Crippen molar-refractivity contribution in [3.8, 4) is 0 Å². The number of hydrogen-bond donors (Lipinski definition) is 0. The van der Waals surface area contributed by atoms with E-state index in [2.05, 4.69) is 32.2 Å². The minimum Gasteiger partial charge on any atom is -0.111 e. The van der Waals surface area contributed by atoms with E-state index >= 15 is 0 Å². The molecule has 9 heavy (non-hydrogen) atoms. The molecule has 0 aliphatic heterocycles. The van der Waals surface area contributed by atoms with Crippen LogP contribution in [0.3, 0.4) is 0 Å². The van der Waals surface area contributed by atoms with E-state index in [0.29, 0.717) is 11.8 Å². The fourth-order valence-electron chi connectivity index (χ4n) is 0.626. The molecule has 0 fully saturated rings. The van der Waals surface area contributed by atoms with Gasteiger partial charge in [-0.25, -0.2) is 0 Å². The Morgan fingerprint density at radius 1 is 1.33 bits per heavy atom. The van der Waals surface area contributed by atoms with E-state index in [1.165, 1.54) is 0 Å². The van der Waals surface area contributed by atoms with E-state index in [9.17, 15) is 0 Å². The number of hydrogen-bond acceptors (Lipinski definition) is 0. The summed E-state index contributed by atoms with van der Waals surface area (Å²) in [6.45, 7) is 12.1. The summed E-state index contributed by atoms with van der Waals surface area (Å²) < 4.78 is 3.88. The second-order valence-corrected chi connectivity index (χ2v) is 2.83. The van der Waals surface area contributed by atoms with Crippen LogP contribution in [-0.2, 0) is 0 Å². The largest absolute Gasteiger partial charge is 0.279 e. The molecule has 0 aliphatic rings. The molecule has 0 rings (SSSR count). The first kappa shape index (κ1) is 8.45. The van der Waals surface area contributed by atoms with Crippen molar-refractivity contribution < 1.29 is 0 Å². The van der Waals surface area contributed by atoms with Crippen molar-refractivity contribution in [3.63, 3.8) is 0 Å². The molecule has 0 saturated heterocycles. The lowest BCUT2D eigenvalue weighted by molar-refractivity contribution is 0.530. The maximum atomic E-state index is 3.88. The summed E-state index contributed by atoms with van der Waals surface area (Å²) in [5, 5.41) is 0. The molecule has 0 aromatic rings. The number of nitrogens with zero attached hydrogens (tertiary/aromatic N) is 1. The van der Waals surface area contributed by atoms with Gasteiger partial charge in [-0.15, -0.1) is 4.67 Å². The molecular formula is C8H16N+. The molecule has 1 nitrogen and oxygen atoms in total. The highest BCUT2D eigenvalue weighted by atomic mass is 14.5. The maximum Gasteiger partial charge on any atom is 0.279 e. The third-order valence-electron chi connectivity index (χ3n) is 1.91. The van der Waals surface area contributed by atoms with Crippen molar-refractivity contribution in [2.75, 3.05) is 0 Å². The van der Waals surface area contributed by atoms with Crippen LogP contribution in [-0.4, -0.2) is 12.4 Å². The molecule has 0 saturated carbocycles. The van der Waals surface area contributed by atoms with Crippen LogP contribution in [0.25, 0.3) is 0 Å². The Balaban J connectivity index is 4.04. The Bertz CT molecular complexity index is 130. The van der Waals surface area contributed by atoms with Crippen molar-refractivity contribution in [1.82, 2.24) is 4.67 Å². The first-order chi connectivity index (χ1) is 4.09. The fourth-order valence-corrected chi connectivity index (χ4v) is 0.626. The summed E-state index contributed by atoms with van der Waals surface area (Å²) in [6.07, 6.45) is 0. The quantitative estimate of drug-likeness (QED) is 0.393. The second-order valence-electron chi connectivity index (χ2n) is 2.83. The van der Waals surface area contributed by atoms with Crippen LogP contribution >= 0.6 is 0 Å². The van der Waals surface area contributed by atoms with Crippen molar-refractivity contribution >= 4 is 12.4 Å². The maximum absolute atomic E-state index is 3.88. The highest BCUT2D eigenvalue weighted by molar-refractivity contribution is 5.84. The third kappa shape index (κ3) is 2.48. The van der Waals surface area contributed by atoms with Crippen LogP contribution in [0.2, 0.25) is 0 Å². The van der Waals surface area contributed by atoms with Gasteiger partial charge in [-0.05, 0) is 5.92 Å². The van der Waals surface area contributed by atoms with Gasteiger partial charge in [0.25, 0.3) is 12.4 Å². The van der Waals surface area contributed by atoms with E-state index in [1.807, 2.05) is 6.92 Å². The topological polar surface area (TPSA) is 14.1 Å². The average Bonchev–Trinajstić information content (AvgIpc) is 1.84. The SMILES string of the molecule is C=[N+]=C(C)C(C)C(C)C. The molecule has 0 heterocycles. The molecule has 0 N–H and O–H groups in total. The van der Waals surface area contributed by atoms with Gasteiger partial charge in [0.2, 0.25) is 0 Å². The lowest BCUT2D eigenvalue weighted by Gasteiger charge is -2.06. The number of rotatable bonds is 2. The van der Waals surface area contributed by atoms with E-state index < -0.39 is 0 Å². The Morgan fingerprint density at radius 3 is 1.89 bits per heavy atom. The summed E-state index contributed by atoms with van der Waals surface area (Å²) in [4.78, 5) is 0. The molecule has 0 radical (unpaired) electrons. The lowest BCUT2D eigenvalue weighted by Crippen LogP contribution is -2.15. The van der Waals surface area contributed by atoms with Gasteiger partial charge in [0.1, 0.15) is 0 Å². The van der Waals surface area contributed by atoms with Gasteiger partial charge in [-0.2, -0.15) is 0 Å². The van der Waals surface area contributed by atoms with Crippen molar-refractivity contribution in [3.05, 3.63) is 0 Å². The van der Waals surface area contributed by atoms with Gasteiger partial charge in [0.05, 0.1) is 5.92 Å². The van der Waals surface area contributed by atoms with Crippen molar-refractivity contribution in [2.45, 2.75) is 27.7 Å². The Hall–Kier alpha value is -0.550. The normalized spacial score (nSPS) is 13.0. The zero-order valence-electron chi connectivity index (χ0n) is 6.81. The van der Waals surface area contributed by atoms with E-state index in [0.717, 1.165) is 5.71 Å². The highest BCUT2D eigenvalue weighted by Crippen LogP contribution is 2.09. The molecule has 0 bridgehead atoms. The van der Waals surface area contributed by atoms with Crippen LogP contribution in [0.15, 0.2) is 0 Å². The predicted octanol–water partition coefficient (Wildman–Crippen LogP) is 1.51. The van der Waals surface area contributed by atoms with Gasteiger partial charge in [-0.1, -0.05) is 20.8 Å². The standard InChI is InChI=1S/C8H16N/c1-6(2)7(3)8(4)9-5/h6-7H,5H2,1-4H3/q+1. The average molecular weight is 126 g/mol. The summed E-state index contributed by atoms with van der Waals surface area (Å²) in [5.41, 5.74) is 1.14. The van der Waals surface area contributed by atoms with Gasteiger partial charge in [-0.3, -0.25) is 0 Å².